The predicted molar refractivity (Wildman–Crippen MR) is 143 cm³/mol. The van der Waals surface area contributed by atoms with E-state index in [0.29, 0.717) is 33.8 Å². The summed E-state index contributed by atoms with van der Waals surface area (Å²) in [7, 11) is 1.51. The number of aromatic nitrogens is 3. The van der Waals surface area contributed by atoms with Crippen molar-refractivity contribution in [1.29, 1.82) is 0 Å². The molecule has 0 fully saturated rings. The molecular formula is C30H22F4N4O3. The summed E-state index contributed by atoms with van der Waals surface area (Å²) in [6, 6.07) is 23.6. The molecule has 1 amide bonds. The third kappa shape index (κ3) is 6.52. The summed E-state index contributed by atoms with van der Waals surface area (Å²) in [6.45, 7) is 0.0476. The van der Waals surface area contributed by atoms with Gasteiger partial charge in [-0.15, -0.1) is 5.10 Å². The smallest absolute Gasteiger partial charge is 0.416 e. The highest BCUT2D eigenvalue weighted by molar-refractivity contribution is 6.04. The molecule has 11 heteroatoms. The van der Waals surface area contributed by atoms with Gasteiger partial charge in [0.05, 0.1) is 18.4 Å². The van der Waals surface area contributed by atoms with E-state index in [9.17, 15) is 22.4 Å². The Kier molecular flexibility index (Phi) is 7.68. The van der Waals surface area contributed by atoms with Gasteiger partial charge in [0, 0.05) is 16.8 Å². The maximum atomic E-state index is 13.2. The minimum Gasteiger partial charge on any atom is -0.497 e. The van der Waals surface area contributed by atoms with Crippen molar-refractivity contribution in [2.45, 2.75) is 12.8 Å². The number of methoxy groups -OCH3 is 1. The van der Waals surface area contributed by atoms with E-state index in [1.165, 1.54) is 36.1 Å². The van der Waals surface area contributed by atoms with Crippen LogP contribution in [0.4, 0.5) is 23.2 Å². The molecule has 0 spiro atoms. The zero-order valence-corrected chi connectivity index (χ0v) is 21.5. The molecule has 0 aliphatic carbocycles. The lowest BCUT2D eigenvalue weighted by molar-refractivity contribution is -0.137. The van der Waals surface area contributed by atoms with E-state index in [0.717, 1.165) is 12.1 Å². The zero-order valence-electron chi connectivity index (χ0n) is 21.5. The van der Waals surface area contributed by atoms with E-state index < -0.39 is 11.7 Å². The number of carbonyl (C=O) groups is 1. The number of nitrogens with zero attached hydrogens (tertiary/aromatic N) is 3. The maximum absolute atomic E-state index is 13.2. The van der Waals surface area contributed by atoms with Crippen LogP contribution in [0.25, 0.3) is 17.1 Å². The molecule has 1 N–H and O–H groups in total. The van der Waals surface area contributed by atoms with Crippen LogP contribution in [-0.2, 0) is 12.8 Å². The number of hydrogen-bond donors (Lipinski definition) is 1. The van der Waals surface area contributed by atoms with Gasteiger partial charge in [0.25, 0.3) is 5.91 Å². The van der Waals surface area contributed by atoms with Crippen LogP contribution in [0.5, 0.6) is 11.8 Å². The minimum atomic E-state index is -4.49. The summed E-state index contributed by atoms with van der Waals surface area (Å²) >= 11 is 0. The summed E-state index contributed by atoms with van der Waals surface area (Å²) in [6.07, 6.45) is -4.49. The molecule has 4 aromatic carbocycles. The SMILES string of the molecule is COc1cccc(C(=O)Nc2ccc(-n3nc(OCc4ccc(F)cc4)nc3-c3ccc(C(F)(F)F)cc3)cc2)c1. The van der Waals surface area contributed by atoms with Gasteiger partial charge < -0.3 is 14.8 Å². The van der Waals surface area contributed by atoms with Crippen LogP contribution >= 0.6 is 0 Å². The Morgan fingerprint density at radius 2 is 1.63 bits per heavy atom. The van der Waals surface area contributed by atoms with Crippen molar-refractivity contribution in [1.82, 2.24) is 14.8 Å². The van der Waals surface area contributed by atoms with Crippen LogP contribution in [0, 0.1) is 5.82 Å². The number of amides is 1. The number of ether oxygens (including phenoxy) is 2. The van der Waals surface area contributed by atoms with Gasteiger partial charge in [0.15, 0.2) is 5.82 Å². The highest BCUT2D eigenvalue weighted by atomic mass is 19.4. The van der Waals surface area contributed by atoms with Crippen LogP contribution in [-0.4, -0.2) is 27.8 Å². The number of benzene rings is 4. The molecule has 41 heavy (non-hydrogen) atoms. The second kappa shape index (κ2) is 11.5. The van der Waals surface area contributed by atoms with Gasteiger partial charge in [-0.25, -0.2) is 9.07 Å². The van der Waals surface area contributed by atoms with Crippen LogP contribution in [0.3, 0.4) is 0 Å². The van der Waals surface area contributed by atoms with E-state index in [1.807, 2.05) is 0 Å². The number of carbonyl (C=O) groups excluding carboxylic acids is 1. The first-order valence-corrected chi connectivity index (χ1v) is 12.3. The first-order chi connectivity index (χ1) is 19.7. The van der Waals surface area contributed by atoms with Crippen molar-refractivity contribution in [2.75, 3.05) is 12.4 Å². The molecule has 7 nitrogen and oxygen atoms in total. The van der Waals surface area contributed by atoms with Gasteiger partial charge in [0.2, 0.25) is 0 Å². The zero-order chi connectivity index (χ0) is 29.0. The Morgan fingerprint density at radius 3 is 2.29 bits per heavy atom. The molecule has 0 saturated carbocycles. The maximum Gasteiger partial charge on any atom is 0.416 e. The molecule has 0 bridgehead atoms. The Balaban J connectivity index is 1.41. The molecule has 0 radical (unpaired) electrons. The van der Waals surface area contributed by atoms with Gasteiger partial charge in [-0.3, -0.25) is 4.79 Å². The van der Waals surface area contributed by atoms with Crippen molar-refractivity contribution in [3.05, 3.63) is 120 Å². The second-order valence-corrected chi connectivity index (χ2v) is 8.85. The van der Waals surface area contributed by atoms with Crippen molar-refractivity contribution in [2.24, 2.45) is 0 Å². The average molecular weight is 563 g/mol. The fourth-order valence-electron chi connectivity index (χ4n) is 3.91. The van der Waals surface area contributed by atoms with Crippen LogP contribution in [0.1, 0.15) is 21.5 Å². The number of hydrogen-bond acceptors (Lipinski definition) is 5. The normalized spacial score (nSPS) is 11.2. The number of halogens is 4. The largest absolute Gasteiger partial charge is 0.497 e. The minimum absolute atomic E-state index is 0.0281. The van der Waals surface area contributed by atoms with Gasteiger partial charge >= 0.3 is 12.2 Å². The Labute approximate surface area is 232 Å². The van der Waals surface area contributed by atoms with E-state index in [1.54, 1.807) is 60.7 Å². The molecule has 0 saturated heterocycles. The third-order valence-electron chi connectivity index (χ3n) is 6.04. The quantitative estimate of drug-likeness (QED) is 0.208. The van der Waals surface area contributed by atoms with Crippen LogP contribution in [0.15, 0.2) is 97.1 Å². The monoisotopic (exact) mass is 562 g/mol. The number of nitrogens with one attached hydrogen (secondary N) is 1. The fourth-order valence-corrected chi connectivity index (χ4v) is 3.91. The molecule has 1 heterocycles. The van der Waals surface area contributed by atoms with Crippen molar-refractivity contribution >= 4 is 11.6 Å². The third-order valence-corrected chi connectivity index (χ3v) is 6.04. The lowest BCUT2D eigenvalue weighted by Gasteiger charge is -2.10. The van der Waals surface area contributed by atoms with Crippen LogP contribution in [0.2, 0.25) is 0 Å². The molecule has 5 rings (SSSR count). The fraction of sp³-hybridized carbons (Fsp3) is 0.100. The van der Waals surface area contributed by atoms with Gasteiger partial charge in [-0.2, -0.15) is 18.2 Å². The Bertz CT molecular complexity index is 1650. The van der Waals surface area contributed by atoms with Crippen molar-refractivity contribution in [3.8, 4) is 28.8 Å². The summed E-state index contributed by atoms with van der Waals surface area (Å²) in [5.74, 6) is 0.0663. The average Bonchev–Trinajstić information content (AvgIpc) is 3.41. The summed E-state index contributed by atoms with van der Waals surface area (Å²) in [4.78, 5) is 17.1. The Hall–Kier alpha value is -5.19. The topological polar surface area (TPSA) is 78.3 Å². The number of anilines is 1. The van der Waals surface area contributed by atoms with Gasteiger partial charge in [-0.05, 0) is 72.3 Å². The first kappa shape index (κ1) is 27.4. The lowest BCUT2D eigenvalue weighted by Crippen LogP contribution is -2.12. The highest BCUT2D eigenvalue weighted by Crippen LogP contribution is 2.32. The Morgan fingerprint density at radius 1 is 0.927 bits per heavy atom. The lowest BCUT2D eigenvalue weighted by atomic mass is 10.1. The van der Waals surface area contributed by atoms with E-state index >= 15 is 0 Å². The van der Waals surface area contributed by atoms with Gasteiger partial charge in [-0.1, -0.05) is 30.3 Å². The molecule has 0 aliphatic rings. The molecular weight excluding hydrogens is 540 g/mol. The van der Waals surface area contributed by atoms with E-state index in [2.05, 4.69) is 15.4 Å². The number of alkyl halides is 3. The van der Waals surface area contributed by atoms with Crippen molar-refractivity contribution < 1.29 is 31.8 Å². The van der Waals surface area contributed by atoms with Crippen LogP contribution < -0.4 is 14.8 Å². The number of rotatable bonds is 8. The molecule has 5 aromatic rings. The predicted octanol–water partition coefficient (Wildman–Crippen LogP) is 6.93. The first-order valence-electron chi connectivity index (χ1n) is 12.3. The van der Waals surface area contributed by atoms with Gasteiger partial charge in [0.1, 0.15) is 18.2 Å². The molecule has 208 valence electrons. The summed E-state index contributed by atoms with van der Waals surface area (Å²) in [5.41, 5.74) is 1.69. The summed E-state index contributed by atoms with van der Waals surface area (Å²) in [5, 5.41) is 7.21. The standard InChI is InChI=1S/C30H22F4N4O3/c1-40-26-4-2-3-21(17-26)28(39)35-24-13-15-25(16-14-24)38-27(20-7-9-22(10-8-20)30(32,33)34)36-29(37-38)41-18-19-5-11-23(31)12-6-19/h2-17H,18H2,1H3,(H,35,39). The summed E-state index contributed by atoms with van der Waals surface area (Å²) < 4.78 is 64.9. The van der Waals surface area contributed by atoms with E-state index in [4.69, 9.17) is 9.47 Å². The van der Waals surface area contributed by atoms with E-state index in [-0.39, 0.29) is 30.2 Å². The molecule has 0 atom stereocenters. The second-order valence-electron chi connectivity index (χ2n) is 8.85. The molecule has 1 aromatic heterocycles. The van der Waals surface area contributed by atoms with Crippen molar-refractivity contribution in [3.63, 3.8) is 0 Å². The highest BCUT2D eigenvalue weighted by Gasteiger charge is 2.30. The molecule has 0 unspecified atom stereocenters. The molecule has 0 aliphatic heterocycles.